The fourth-order valence-corrected chi connectivity index (χ4v) is 18.9. The van der Waals surface area contributed by atoms with Crippen molar-refractivity contribution in [1.82, 2.24) is 0 Å². The van der Waals surface area contributed by atoms with Gasteiger partial charge in [0.05, 0.1) is 17.1 Å². The Morgan fingerprint density at radius 1 is 0.575 bits per heavy atom. The second-order valence-corrected chi connectivity index (χ2v) is 29.1. The van der Waals surface area contributed by atoms with Crippen molar-refractivity contribution >= 4 is 99.9 Å². The van der Waals surface area contributed by atoms with Gasteiger partial charge in [0.25, 0.3) is 6.71 Å². The summed E-state index contributed by atoms with van der Waals surface area (Å²) in [6, 6.07) is 60.6. The lowest BCUT2D eigenvalue weighted by atomic mass is 9.36. The van der Waals surface area contributed by atoms with Crippen LogP contribution in [0.25, 0.3) is 54.3 Å². The Morgan fingerprint density at radius 2 is 1.32 bits per heavy atom. The van der Waals surface area contributed by atoms with Crippen LogP contribution < -0.4 is 25.5 Å². The maximum atomic E-state index is 7.11. The summed E-state index contributed by atoms with van der Waals surface area (Å²) >= 11 is 2.06. The molecule has 17 rings (SSSR count). The Bertz CT molecular complexity index is 4290. The summed E-state index contributed by atoms with van der Waals surface area (Å²) in [6.07, 6.45) is 14.2. The molecule has 3 saturated carbocycles. The van der Waals surface area contributed by atoms with Gasteiger partial charge in [-0.2, -0.15) is 0 Å². The summed E-state index contributed by atoms with van der Waals surface area (Å²) in [4.78, 5) is 5.48. The van der Waals surface area contributed by atoms with E-state index in [1.165, 1.54) is 169 Å². The van der Waals surface area contributed by atoms with Crippen LogP contribution in [-0.4, -0.2) is 6.71 Å². The fraction of sp³-hybridized carbons (Fsp3) is 0.333. The van der Waals surface area contributed by atoms with Crippen molar-refractivity contribution in [1.29, 1.82) is 0 Å². The molecule has 2 bridgehead atoms. The molecule has 2 aromatic heterocycles. The molecule has 4 heterocycles. The van der Waals surface area contributed by atoms with Crippen molar-refractivity contribution in [3.63, 3.8) is 0 Å². The van der Waals surface area contributed by atoms with E-state index < -0.39 is 0 Å². The Morgan fingerprint density at radius 3 is 2.14 bits per heavy atom. The standard InChI is InChI=1S/C75H71BN2OS/c1-72(2,3)49-31-33-60-59(42-49)76-68-63(77(60)62-25-15-21-52-51-19-12-14-26-65(51)79-70(52)62)40-48(47-28-32-56-58(39-47)74(6,7)36-35-73(56,4)5)41-64(68)78(69-54-38-46(45-17-9-8-10-18-45)29-34-66(54)80-71(69)76)61-24-16-23-57-67(61)53-20-11-13-22-55(53)75(57)43-44-27-30-50(75)37-44/h11-16,19-26,28-29,31-34,38-42,44-45,50H,8-10,17-18,27,30,35-37,43H2,1-7H3. The lowest BCUT2D eigenvalue weighted by Crippen LogP contribution is -2.60. The molecule has 7 aliphatic rings. The number of benzene rings is 8. The first-order valence-electron chi connectivity index (χ1n) is 30.5. The maximum absolute atomic E-state index is 7.11. The average Bonchev–Trinajstić information content (AvgIpc) is 2.97. The number of thiophene rings is 1. The van der Waals surface area contributed by atoms with Crippen LogP contribution in [0.1, 0.15) is 158 Å². The molecule has 3 nitrogen and oxygen atoms in total. The SMILES string of the molecule is CC(C)(C)c1ccc2c(c1)B1c3sc4ccc(C5CCCCC5)cc4c3N(c3cccc4c3-c3ccccc3C43CC4CCC3C4)c3cc(-c4ccc5c(c4)C(C)(C)CCC5(C)C)cc(c31)N2c1cccc2c1oc1ccccc12. The molecular weight excluding hydrogens is 988 g/mol. The largest absolute Gasteiger partial charge is 0.454 e. The summed E-state index contributed by atoms with van der Waals surface area (Å²) in [5, 5.41) is 3.70. The second kappa shape index (κ2) is 16.7. The number of fused-ring (bicyclic) bond motifs is 18. The van der Waals surface area contributed by atoms with E-state index in [-0.39, 0.29) is 28.4 Å². The summed E-state index contributed by atoms with van der Waals surface area (Å²) < 4.78 is 9.94. The van der Waals surface area contributed by atoms with Crippen molar-refractivity contribution in [3.8, 4) is 22.3 Å². The lowest BCUT2D eigenvalue weighted by Gasteiger charge is -2.44. The number of hydrogen-bond acceptors (Lipinski definition) is 4. The van der Waals surface area contributed by atoms with Crippen LogP contribution in [0.4, 0.5) is 34.1 Å². The molecule has 8 aromatic carbocycles. The molecule has 0 amide bonds. The van der Waals surface area contributed by atoms with Gasteiger partial charge in [0.1, 0.15) is 5.58 Å². The zero-order valence-corrected chi connectivity index (χ0v) is 48.5. The van der Waals surface area contributed by atoms with Crippen molar-refractivity contribution in [2.75, 3.05) is 9.80 Å². The quantitative estimate of drug-likeness (QED) is 0.164. The van der Waals surface area contributed by atoms with Crippen LogP contribution in [0.2, 0.25) is 0 Å². The molecule has 396 valence electrons. The third-order valence-corrected chi connectivity index (χ3v) is 23.0. The minimum atomic E-state index is -0.0629. The molecule has 1 spiro atoms. The predicted octanol–water partition coefficient (Wildman–Crippen LogP) is 19.3. The summed E-state index contributed by atoms with van der Waals surface area (Å²) in [6.45, 7) is 17.0. The molecule has 3 fully saturated rings. The van der Waals surface area contributed by atoms with E-state index in [9.17, 15) is 0 Å². The first-order valence-corrected chi connectivity index (χ1v) is 31.3. The normalized spacial score (nSPS) is 22.0. The van der Waals surface area contributed by atoms with Crippen molar-refractivity contribution < 1.29 is 4.42 Å². The van der Waals surface area contributed by atoms with Crippen LogP contribution in [0.3, 0.4) is 0 Å². The van der Waals surface area contributed by atoms with Crippen LogP contribution >= 0.6 is 11.3 Å². The van der Waals surface area contributed by atoms with E-state index in [2.05, 4.69) is 221 Å². The Hall–Kier alpha value is -6.82. The highest BCUT2D eigenvalue weighted by Crippen LogP contribution is 2.68. The van der Waals surface area contributed by atoms with Gasteiger partial charge in [-0.25, -0.2) is 0 Å². The molecule has 80 heavy (non-hydrogen) atoms. The highest BCUT2D eigenvalue weighted by molar-refractivity contribution is 7.33. The first-order chi connectivity index (χ1) is 38.7. The molecule has 2 aliphatic heterocycles. The zero-order valence-electron chi connectivity index (χ0n) is 47.7. The third kappa shape index (κ3) is 6.56. The van der Waals surface area contributed by atoms with E-state index >= 15 is 0 Å². The molecule has 5 heteroatoms. The van der Waals surface area contributed by atoms with Gasteiger partial charge in [-0.15, -0.1) is 11.3 Å². The predicted molar refractivity (Wildman–Crippen MR) is 340 cm³/mol. The van der Waals surface area contributed by atoms with Gasteiger partial charge in [0.2, 0.25) is 0 Å². The maximum Gasteiger partial charge on any atom is 0.264 e. The number of para-hydroxylation sites is 2. The van der Waals surface area contributed by atoms with E-state index in [0.717, 1.165) is 33.5 Å². The fourth-order valence-electron chi connectivity index (χ4n) is 17.6. The van der Waals surface area contributed by atoms with Crippen molar-refractivity contribution in [2.24, 2.45) is 11.8 Å². The Balaban J connectivity index is 1.02. The van der Waals surface area contributed by atoms with Crippen LogP contribution in [-0.2, 0) is 21.7 Å². The molecular formula is C75H71BN2OS. The second-order valence-electron chi connectivity index (χ2n) is 28.0. The summed E-state index contributed by atoms with van der Waals surface area (Å²) in [5.41, 5.74) is 26.7. The van der Waals surface area contributed by atoms with Gasteiger partial charge in [-0.1, -0.05) is 177 Å². The van der Waals surface area contributed by atoms with Gasteiger partial charge < -0.3 is 14.2 Å². The lowest BCUT2D eigenvalue weighted by molar-refractivity contribution is 0.327. The zero-order chi connectivity index (χ0) is 53.8. The minimum Gasteiger partial charge on any atom is -0.454 e. The van der Waals surface area contributed by atoms with Gasteiger partial charge in [0.15, 0.2) is 5.58 Å². The van der Waals surface area contributed by atoms with E-state index in [4.69, 9.17) is 4.42 Å². The number of nitrogens with zero attached hydrogens (tertiary/aromatic N) is 2. The number of hydrogen-bond donors (Lipinski definition) is 0. The average molecular weight is 1060 g/mol. The number of furan rings is 1. The Kier molecular flexibility index (Phi) is 9.98. The molecule has 3 unspecified atom stereocenters. The molecule has 0 N–H and O–H groups in total. The van der Waals surface area contributed by atoms with Crippen LogP contribution in [0.15, 0.2) is 156 Å². The monoisotopic (exact) mass is 1060 g/mol. The molecule has 5 aliphatic carbocycles. The minimum absolute atomic E-state index is 0.0107. The van der Waals surface area contributed by atoms with Gasteiger partial charge in [-0.05, 0) is 188 Å². The van der Waals surface area contributed by atoms with Crippen molar-refractivity contribution in [2.45, 2.75) is 147 Å². The van der Waals surface area contributed by atoms with E-state index in [0.29, 0.717) is 11.8 Å². The van der Waals surface area contributed by atoms with E-state index in [1.54, 1.807) is 11.1 Å². The topological polar surface area (TPSA) is 19.6 Å². The number of anilines is 6. The molecule has 3 atom stereocenters. The van der Waals surface area contributed by atoms with Gasteiger partial charge in [-0.3, -0.25) is 0 Å². The Labute approximate surface area is 477 Å². The number of rotatable bonds is 4. The van der Waals surface area contributed by atoms with Gasteiger partial charge >= 0.3 is 0 Å². The summed E-state index contributed by atoms with van der Waals surface area (Å²) in [7, 11) is 0. The van der Waals surface area contributed by atoms with Crippen molar-refractivity contribution in [3.05, 3.63) is 185 Å². The van der Waals surface area contributed by atoms with Gasteiger partial charge in [0, 0.05) is 53.7 Å². The van der Waals surface area contributed by atoms with Crippen LogP contribution in [0.5, 0.6) is 0 Å². The molecule has 0 radical (unpaired) electrons. The summed E-state index contributed by atoms with van der Waals surface area (Å²) in [5.74, 6) is 2.05. The smallest absolute Gasteiger partial charge is 0.264 e. The molecule has 0 saturated heterocycles. The van der Waals surface area contributed by atoms with E-state index in [1.807, 2.05) is 0 Å². The highest BCUT2D eigenvalue weighted by Gasteiger charge is 2.58. The highest BCUT2D eigenvalue weighted by atomic mass is 32.1. The van der Waals surface area contributed by atoms with Crippen LogP contribution in [0, 0.1) is 11.8 Å². The third-order valence-electron chi connectivity index (χ3n) is 21.7. The first kappa shape index (κ1) is 47.9. The molecule has 10 aromatic rings.